The van der Waals surface area contributed by atoms with Gasteiger partial charge in [0.25, 0.3) is 5.91 Å². The Labute approximate surface area is 131 Å². The van der Waals surface area contributed by atoms with Crippen LogP contribution in [0.1, 0.15) is 39.5 Å². The molecule has 2 fully saturated rings. The summed E-state index contributed by atoms with van der Waals surface area (Å²) in [4.78, 5) is 12.3. The van der Waals surface area contributed by atoms with Crippen LogP contribution in [0.25, 0.3) is 0 Å². The van der Waals surface area contributed by atoms with Gasteiger partial charge >= 0.3 is 0 Å². The molecule has 126 valence electrons. The van der Waals surface area contributed by atoms with Gasteiger partial charge in [-0.2, -0.15) is 0 Å². The number of carbonyl (C=O) groups is 1. The number of amides is 1. The van der Waals surface area contributed by atoms with Crippen molar-refractivity contribution in [2.24, 2.45) is 5.92 Å². The number of methoxy groups -OCH3 is 1. The molecule has 0 bridgehead atoms. The summed E-state index contributed by atoms with van der Waals surface area (Å²) in [7, 11) is 1.43. The third kappa shape index (κ3) is 3.51. The first kappa shape index (κ1) is 17.4. The fourth-order valence-corrected chi connectivity index (χ4v) is 2.95. The summed E-state index contributed by atoms with van der Waals surface area (Å²) in [6.45, 7) is 8.54. The minimum atomic E-state index is -1.44. The average Bonchev–Trinajstić information content (AvgIpc) is 2.52. The molecule has 0 spiro atoms. The molecule has 2 aliphatic heterocycles. The van der Waals surface area contributed by atoms with Crippen LogP contribution in [0.2, 0.25) is 0 Å². The van der Waals surface area contributed by atoms with Gasteiger partial charge in [-0.1, -0.05) is 19.1 Å². The molecule has 0 radical (unpaired) electrons. The minimum absolute atomic E-state index is 0.153. The lowest BCUT2D eigenvalue weighted by molar-refractivity contribution is -0.297. The highest BCUT2D eigenvalue weighted by molar-refractivity contribution is 5.81. The summed E-state index contributed by atoms with van der Waals surface area (Å²) in [5, 5.41) is 13.2. The molecule has 22 heavy (non-hydrogen) atoms. The molecule has 0 aromatic carbocycles. The Morgan fingerprint density at radius 1 is 1.50 bits per heavy atom. The number of hydrogen-bond donors (Lipinski definition) is 2. The zero-order chi connectivity index (χ0) is 16.3. The van der Waals surface area contributed by atoms with Gasteiger partial charge in [0.15, 0.2) is 6.10 Å². The standard InChI is InChI=1S/C16H27NO5/c1-10-9-16(20-4,22-12(3)11(10)2)14(18)15(19)17-13-7-5-6-8-21-13/h11-14,18H,1,5-9H2,2-4H3,(H,17,19)/t11-,12-,13-,14+,16-/m1/s1. The summed E-state index contributed by atoms with van der Waals surface area (Å²) in [6, 6.07) is 0. The van der Waals surface area contributed by atoms with Crippen molar-refractivity contribution in [1.82, 2.24) is 5.32 Å². The van der Waals surface area contributed by atoms with Crippen LogP contribution in [0.15, 0.2) is 12.2 Å². The highest BCUT2D eigenvalue weighted by Gasteiger charge is 2.49. The van der Waals surface area contributed by atoms with Gasteiger partial charge in [-0.3, -0.25) is 4.79 Å². The summed E-state index contributed by atoms with van der Waals surface area (Å²) in [5.41, 5.74) is 0.904. The molecule has 0 aromatic heterocycles. The summed E-state index contributed by atoms with van der Waals surface area (Å²) in [5.74, 6) is -1.77. The van der Waals surface area contributed by atoms with E-state index >= 15 is 0 Å². The molecule has 6 nitrogen and oxygen atoms in total. The lowest BCUT2D eigenvalue weighted by atomic mass is 9.85. The van der Waals surface area contributed by atoms with E-state index in [1.54, 1.807) is 0 Å². The molecule has 2 saturated heterocycles. The van der Waals surface area contributed by atoms with E-state index in [9.17, 15) is 9.90 Å². The normalized spacial score (nSPS) is 37.6. The number of aliphatic hydroxyl groups excluding tert-OH is 1. The van der Waals surface area contributed by atoms with Gasteiger partial charge in [-0.15, -0.1) is 0 Å². The van der Waals surface area contributed by atoms with Crippen molar-refractivity contribution >= 4 is 5.91 Å². The van der Waals surface area contributed by atoms with Crippen molar-refractivity contribution in [1.29, 1.82) is 0 Å². The molecule has 2 aliphatic rings. The Balaban J connectivity index is 2.05. The van der Waals surface area contributed by atoms with Crippen molar-refractivity contribution in [2.45, 2.75) is 63.8 Å². The van der Waals surface area contributed by atoms with E-state index < -0.39 is 17.8 Å². The van der Waals surface area contributed by atoms with E-state index in [0.717, 1.165) is 24.8 Å². The molecular formula is C16H27NO5. The van der Waals surface area contributed by atoms with Crippen LogP contribution in [-0.4, -0.2) is 49.0 Å². The fourth-order valence-electron chi connectivity index (χ4n) is 2.95. The minimum Gasteiger partial charge on any atom is -0.378 e. The van der Waals surface area contributed by atoms with Crippen LogP contribution in [0.4, 0.5) is 0 Å². The molecule has 0 saturated carbocycles. The van der Waals surface area contributed by atoms with Crippen LogP contribution < -0.4 is 5.32 Å². The van der Waals surface area contributed by atoms with Gasteiger partial charge < -0.3 is 24.6 Å². The first-order valence-corrected chi connectivity index (χ1v) is 7.90. The third-order valence-corrected chi connectivity index (χ3v) is 4.70. The Morgan fingerprint density at radius 2 is 2.23 bits per heavy atom. The summed E-state index contributed by atoms with van der Waals surface area (Å²) >= 11 is 0. The van der Waals surface area contributed by atoms with Gasteiger partial charge in [-0.05, 0) is 26.2 Å². The molecular weight excluding hydrogens is 286 g/mol. The predicted octanol–water partition coefficient (Wildman–Crippen LogP) is 1.33. The van der Waals surface area contributed by atoms with Crippen LogP contribution in [0, 0.1) is 5.92 Å². The van der Waals surface area contributed by atoms with Gasteiger partial charge in [-0.25, -0.2) is 0 Å². The second-order valence-electron chi connectivity index (χ2n) is 6.23. The van der Waals surface area contributed by atoms with Crippen molar-refractivity contribution in [3.05, 3.63) is 12.2 Å². The van der Waals surface area contributed by atoms with E-state index in [-0.39, 0.29) is 24.7 Å². The van der Waals surface area contributed by atoms with Crippen LogP contribution in [0.3, 0.4) is 0 Å². The highest BCUT2D eigenvalue weighted by Crippen LogP contribution is 2.38. The monoisotopic (exact) mass is 313 g/mol. The Morgan fingerprint density at radius 3 is 2.77 bits per heavy atom. The van der Waals surface area contributed by atoms with Crippen LogP contribution >= 0.6 is 0 Å². The number of ether oxygens (including phenoxy) is 3. The second-order valence-corrected chi connectivity index (χ2v) is 6.23. The molecule has 6 heteroatoms. The summed E-state index contributed by atoms with van der Waals surface area (Å²) < 4.78 is 16.7. The van der Waals surface area contributed by atoms with E-state index in [0.29, 0.717) is 6.61 Å². The van der Waals surface area contributed by atoms with Gasteiger partial charge in [0.2, 0.25) is 5.79 Å². The average molecular weight is 313 g/mol. The highest BCUT2D eigenvalue weighted by atomic mass is 16.7. The number of rotatable bonds is 4. The zero-order valence-electron chi connectivity index (χ0n) is 13.6. The fraction of sp³-hybridized carbons (Fsp3) is 0.812. The molecule has 5 atom stereocenters. The van der Waals surface area contributed by atoms with E-state index in [1.807, 2.05) is 13.8 Å². The quantitative estimate of drug-likeness (QED) is 0.766. The lowest BCUT2D eigenvalue weighted by Crippen LogP contribution is -2.59. The maximum Gasteiger partial charge on any atom is 0.256 e. The first-order chi connectivity index (χ1) is 10.4. The largest absolute Gasteiger partial charge is 0.378 e. The molecule has 0 unspecified atom stereocenters. The van der Waals surface area contributed by atoms with Crippen LogP contribution in [-0.2, 0) is 19.0 Å². The predicted molar refractivity (Wildman–Crippen MR) is 80.9 cm³/mol. The van der Waals surface area contributed by atoms with Gasteiger partial charge in [0.05, 0.1) is 6.10 Å². The number of aliphatic hydroxyl groups is 1. The molecule has 0 aromatic rings. The number of carbonyl (C=O) groups excluding carboxylic acids is 1. The van der Waals surface area contributed by atoms with Gasteiger partial charge in [0, 0.05) is 26.1 Å². The van der Waals surface area contributed by atoms with E-state index in [2.05, 4.69) is 11.9 Å². The second kappa shape index (κ2) is 7.08. The zero-order valence-corrected chi connectivity index (χ0v) is 13.6. The molecule has 2 rings (SSSR count). The van der Waals surface area contributed by atoms with Gasteiger partial charge in [0.1, 0.15) is 6.23 Å². The number of nitrogens with one attached hydrogen (secondary N) is 1. The molecule has 2 N–H and O–H groups in total. The Bertz CT molecular complexity index is 421. The topological polar surface area (TPSA) is 77.0 Å². The maximum absolute atomic E-state index is 12.3. The lowest BCUT2D eigenvalue weighted by Gasteiger charge is -2.45. The third-order valence-electron chi connectivity index (χ3n) is 4.70. The molecule has 2 heterocycles. The van der Waals surface area contributed by atoms with Crippen LogP contribution in [0.5, 0.6) is 0 Å². The Kier molecular flexibility index (Phi) is 5.60. The molecule has 0 aliphatic carbocycles. The Hall–Kier alpha value is -0.950. The maximum atomic E-state index is 12.3. The van der Waals surface area contributed by atoms with Crippen molar-refractivity contribution in [3.63, 3.8) is 0 Å². The smallest absolute Gasteiger partial charge is 0.256 e. The van der Waals surface area contributed by atoms with E-state index in [1.165, 1.54) is 7.11 Å². The first-order valence-electron chi connectivity index (χ1n) is 7.90. The van der Waals surface area contributed by atoms with E-state index in [4.69, 9.17) is 14.2 Å². The molecule has 1 amide bonds. The van der Waals surface area contributed by atoms with Crippen molar-refractivity contribution in [2.75, 3.05) is 13.7 Å². The number of hydrogen-bond acceptors (Lipinski definition) is 5. The van der Waals surface area contributed by atoms with Crippen molar-refractivity contribution < 1.29 is 24.1 Å². The SMILES string of the molecule is C=C1C[C@](OC)([C@@H](O)C(=O)N[C@H]2CCCCO2)O[C@H](C)[C@@H]1C. The van der Waals surface area contributed by atoms with Crippen molar-refractivity contribution in [3.8, 4) is 0 Å². The summed E-state index contributed by atoms with van der Waals surface area (Å²) in [6.07, 6.45) is 1.06.